The average molecular weight is 469 g/mol. The molecule has 0 unspecified atom stereocenters. The SMILES string of the molecule is CC(=O)NC[C@@H]1Cn2nc3c(c2C(=O)N(C)O1)CN(C(=O)Nc1ccc(F)c(C#N)c1)[C@H](C)C3. The maximum absolute atomic E-state index is 13.6. The lowest BCUT2D eigenvalue weighted by molar-refractivity contribution is -0.148. The zero-order chi connectivity index (χ0) is 24.6. The highest BCUT2D eigenvalue weighted by atomic mass is 19.1. The topological polar surface area (TPSA) is 133 Å². The Morgan fingerprint density at radius 1 is 1.38 bits per heavy atom. The minimum Gasteiger partial charge on any atom is -0.354 e. The molecule has 2 atom stereocenters. The van der Waals surface area contributed by atoms with Gasteiger partial charge in [-0.1, -0.05) is 0 Å². The molecule has 2 aliphatic rings. The van der Waals surface area contributed by atoms with Crippen LogP contribution in [-0.4, -0.2) is 63.3 Å². The van der Waals surface area contributed by atoms with Gasteiger partial charge in [0.15, 0.2) is 0 Å². The Morgan fingerprint density at radius 2 is 2.15 bits per heavy atom. The summed E-state index contributed by atoms with van der Waals surface area (Å²) in [5.74, 6) is -1.27. The number of benzene rings is 1. The van der Waals surface area contributed by atoms with Crippen LogP contribution in [-0.2, 0) is 29.1 Å². The number of fused-ring (bicyclic) bond motifs is 3. The van der Waals surface area contributed by atoms with Crippen molar-refractivity contribution >= 4 is 23.5 Å². The van der Waals surface area contributed by atoms with E-state index in [4.69, 9.17) is 10.1 Å². The molecular formula is C22H24FN7O4. The third-order valence-corrected chi connectivity index (χ3v) is 5.83. The first-order valence-corrected chi connectivity index (χ1v) is 10.7. The molecule has 1 aromatic carbocycles. The van der Waals surface area contributed by atoms with Gasteiger partial charge in [-0.15, -0.1) is 0 Å². The van der Waals surface area contributed by atoms with Crippen molar-refractivity contribution in [2.45, 2.75) is 45.5 Å². The summed E-state index contributed by atoms with van der Waals surface area (Å²) in [5, 5.41) is 20.1. The number of aromatic nitrogens is 2. The third-order valence-electron chi connectivity index (χ3n) is 5.83. The summed E-state index contributed by atoms with van der Waals surface area (Å²) in [4.78, 5) is 44.6. The highest BCUT2D eigenvalue weighted by molar-refractivity contribution is 5.94. The van der Waals surface area contributed by atoms with E-state index in [2.05, 4.69) is 15.7 Å². The molecule has 12 heteroatoms. The van der Waals surface area contributed by atoms with Gasteiger partial charge in [0.25, 0.3) is 5.91 Å². The van der Waals surface area contributed by atoms with Crippen LogP contribution in [0.5, 0.6) is 0 Å². The quantitative estimate of drug-likeness (QED) is 0.698. The molecule has 178 valence electrons. The first kappa shape index (κ1) is 23.2. The molecular weight excluding hydrogens is 445 g/mol. The zero-order valence-corrected chi connectivity index (χ0v) is 19.0. The van der Waals surface area contributed by atoms with Crippen molar-refractivity contribution in [1.82, 2.24) is 25.1 Å². The Labute approximate surface area is 195 Å². The summed E-state index contributed by atoms with van der Waals surface area (Å²) in [6.07, 6.45) is -0.0609. The zero-order valence-electron chi connectivity index (χ0n) is 19.0. The predicted octanol–water partition coefficient (Wildman–Crippen LogP) is 1.39. The van der Waals surface area contributed by atoms with Gasteiger partial charge < -0.3 is 15.5 Å². The molecule has 34 heavy (non-hydrogen) atoms. The number of carbonyl (C=O) groups excluding carboxylic acids is 3. The predicted molar refractivity (Wildman–Crippen MR) is 117 cm³/mol. The third kappa shape index (κ3) is 4.42. The Morgan fingerprint density at radius 3 is 2.85 bits per heavy atom. The van der Waals surface area contributed by atoms with E-state index in [0.29, 0.717) is 23.4 Å². The lowest BCUT2D eigenvalue weighted by Gasteiger charge is -2.33. The largest absolute Gasteiger partial charge is 0.354 e. The van der Waals surface area contributed by atoms with Gasteiger partial charge in [-0.2, -0.15) is 10.4 Å². The second-order valence-electron chi connectivity index (χ2n) is 8.34. The van der Waals surface area contributed by atoms with E-state index in [1.165, 1.54) is 26.1 Å². The molecule has 2 N–H and O–H groups in total. The molecule has 0 aliphatic carbocycles. The summed E-state index contributed by atoms with van der Waals surface area (Å²) in [7, 11) is 1.50. The summed E-state index contributed by atoms with van der Waals surface area (Å²) < 4.78 is 15.2. The van der Waals surface area contributed by atoms with E-state index in [9.17, 15) is 18.8 Å². The Kier molecular flexibility index (Phi) is 6.21. The molecule has 0 spiro atoms. The van der Waals surface area contributed by atoms with Crippen molar-refractivity contribution in [2.24, 2.45) is 0 Å². The van der Waals surface area contributed by atoms with Crippen molar-refractivity contribution in [2.75, 3.05) is 18.9 Å². The number of nitrogens with zero attached hydrogens (tertiary/aromatic N) is 5. The van der Waals surface area contributed by atoms with Crippen LogP contribution in [0.1, 0.15) is 41.2 Å². The molecule has 0 radical (unpaired) electrons. The van der Waals surface area contributed by atoms with Crippen LogP contribution in [0.25, 0.3) is 0 Å². The summed E-state index contributed by atoms with van der Waals surface area (Å²) >= 11 is 0. The number of nitrogens with one attached hydrogen (secondary N) is 2. The number of hydroxylamine groups is 2. The van der Waals surface area contributed by atoms with Crippen LogP contribution >= 0.6 is 0 Å². The first-order valence-electron chi connectivity index (χ1n) is 10.7. The molecule has 0 saturated heterocycles. The molecule has 0 fully saturated rings. The molecule has 0 bridgehead atoms. The van der Waals surface area contributed by atoms with Crippen LogP contribution in [0.15, 0.2) is 18.2 Å². The van der Waals surface area contributed by atoms with Crippen LogP contribution in [0.4, 0.5) is 14.9 Å². The number of hydrogen-bond donors (Lipinski definition) is 2. The lowest BCUT2D eigenvalue weighted by Crippen LogP contribution is -2.45. The molecule has 1 aromatic heterocycles. The lowest BCUT2D eigenvalue weighted by atomic mass is 9.99. The van der Waals surface area contributed by atoms with E-state index in [1.54, 1.807) is 15.7 Å². The standard InChI is InChI=1S/C22H24FN7O4/c1-12-6-19-17(11-29(12)22(33)26-15-4-5-18(23)14(7-15)8-24)20-21(32)28(3)34-16(9-25-13(2)31)10-30(20)27-19/h4-5,7,12,16H,6,9-11H2,1-3H3,(H,25,31)(H,26,33)/t12-,16-/m1/s1. The summed E-state index contributed by atoms with van der Waals surface area (Å²) in [6, 6.07) is 4.85. The van der Waals surface area contributed by atoms with E-state index < -0.39 is 23.9 Å². The van der Waals surface area contributed by atoms with Gasteiger partial charge in [0.05, 0.1) is 24.3 Å². The van der Waals surface area contributed by atoms with Crippen molar-refractivity contribution in [3.05, 3.63) is 46.5 Å². The fourth-order valence-electron chi connectivity index (χ4n) is 4.13. The minimum absolute atomic E-state index is 0.139. The Bertz CT molecular complexity index is 1200. The van der Waals surface area contributed by atoms with Crippen LogP contribution < -0.4 is 10.6 Å². The smallest absolute Gasteiger partial charge is 0.322 e. The van der Waals surface area contributed by atoms with Crippen LogP contribution in [0.3, 0.4) is 0 Å². The Balaban J connectivity index is 1.58. The van der Waals surface area contributed by atoms with Crippen molar-refractivity contribution in [3.63, 3.8) is 0 Å². The van der Waals surface area contributed by atoms with Crippen LogP contribution in [0, 0.1) is 17.1 Å². The van der Waals surface area contributed by atoms with Gasteiger partial charge >= 0.3 is 6.03 Å². The summed E-state index contributed by atoms with van der Waals surface area (Å²) in [6.45, 7) is 3.88. The molecule has 0 saturated carbocycles. The highest BCUT2D eigenvalue weighted by Gasteiger charge is 2.37. The van der Waals surface area contributed by atoms with Gasteiger partial charge in [0.1, 0.15) is 23.7 Å². The van der Waals surface area contributed by atoms with Gasteiger partial charge in [0, 0.05) is 44.2 Å². The molecule has 4 rings (SSSR count). The second kappa shape index (κ2) is 9.11. The fraction of sp³-hybridized carbons (Fsp3) is 0.409. The number of amides is 4. The average Bonchev–Trinajstić information content (AvgIpc) is 3.07. The van der Waals surface area contributed by atoms with Gasteiger partial charge in [0.2, 0.25) is 5.91 Å². The highest BCUT2D eigenvalue weighted by Crippen LogP contribution is 2.29. The normalized spacial score (nSPS) is 19.6. The van der Waals surface area contributed by atoms with Crippen LogP contribution in [0.2, 0.25) is 0 Å². The van der Waals surface area contributed by atoms with Crippen molar-refractivity contribution in [3.8, 4) is 6.07 Å². The molecule has 2 aromatic rings. The number of nitriles is 1. The number of hydrogen-bond acceptors (Lipinski definition) is 6. The number of rotatable bonds is 3. The first-order chi connectivity index (χ1) is 16.2. The number of carbonyl (C=O) groups is 3. The molecule has 4 amide bonds. The number of halogens is 1. The molecule has 2 aliphatic heterocycles. The molecule has 11 nitrogen and oxygen atoms in total. The Hall–Kier alpha value is -3.98. The van der Waals surface area contributed by atoms with E-state index in [1.807, 2.05) is 6.92 Å². The number of anilines is 1. The second-order valence-corrected chi connectivity index (χ2v) is 8.34. The maximum atomic E-state index is 13.6. The van der Waals surface area contributed by atoms with E-state index in [-0.39, 0.29) is 37.1 Å². The number of urea groups is 1. The fourth-order valence-corrected chi connectivity index (χ4v) is 4.13. The maximum Gasteiger partial charge on any atom is 0.322 e. The minimum atomic E-state index is -0.666. The summed E-state index contributed by atoms with van der Waals surface area (Å²) in [5.41, 5.74) is 1.81. The van der Waals surface area contributed by atoms with E-state index >= 15 is 0 Å². The van der Waals surface area contributed by atoms with Crippen molar-refractivity contribution in [1.29, 1.82) is 5.26 Å². The van der Waals surface area contributed by atoms with Gasteiger partial charge in [-0.05, 0) is 25.1 Å². The van der Waals surface area contributed by atoms with Crippen molar-refractivity contribution < 1.29 is 23.6 Å². The van der Waals surface area contributed by atoms with Gasteiger partial charge in [-0.25, -0.2) is 14.2 Å². The monoisotopic (exact) mass is 469 g/mol. The van der Waals surface area contributed by atoms with E-state index in [0.717, 1.165) is 16.8 Å². The molecule has 3 heterocycles. The van der Waals surface area contributed by atoms with Gasteiger partial charge in [-0.3, -0.25) is 19.1 Å².